The normalized spacial score (nSPS) is 17.9. The van der Waals surface area contributed by atoms with Gasteiger partial charge in [0.25, 0.3) is 5.91 Å². The van der Waals surface area contributed by atoms with Crippen LogP contribution in [0.15, 0.2) is 12.1 Å². The van der Waals surface area contributed by atoms with Crippen molar-refractivity contribution in [2.45, 2.75) is 39.2 Å². The van der Waals surface area contributed by atoms with E-state index in [2.05, 4.69) is 4.98 Å². The van der Waals surface area contributed by atoms with Crippen molar-refractivity contribution < 1.29 is 4.79 Å². The number of nitrogens with zero attached hydrogens (tertiary/aromatic N) is 2. The van der Waals surface area contributed by atoms with E-state index in [1.54, 1.807) is 0 Å². The summed E-state index contributed by atoms with van der Waals surface area (Å²) in [5, 5.41) is 0. The van der Waals surface area contributed by atoms with E-state index >= 15 is 0 Å². The summed E-state index contributed by atoms with van der Waals surface area (Å²) < 4.78 is 0. The fourth-order valence-electron chi connectivity index (χ4n) is 2.58. The second kappa shape index (κ2) is 8.45. The zero-order valence-corrected chi connectivity index (χ0v) is 13.6. The number of hydrogen-bond acceptors (Lipinski definition) is 3. The summed E-state index contributed by atoms with van der Waals surface area (Å²) in [5.74, 6) is 0.0788. The predicted octanol–water partition coefficient (Wildman–Crippen LogP) is 2.50. The van der Waals surface area contributed by atoms with Crippen molar-refractivity contribution in [3.05, 3.63) is 29.1 Å². The molecule has 1 aromatic rings. The van der Waals surface area contributed by atoms with Crippen LogP contribution in [0.3, 0.4) is 0 Å². The minimum absolute atomic E-state index is 0. The van der Waals surface area contributed by atoms with Gasteiger partial charge in [-0.3, -0.25) is 9.78 Å². The van der Waals surface area contributed by atoms with Crippen molar-refractivity contribution in [1.82, 2.24) is 9.88 Å². The molecule has 1 fully saturated rings. The monoisotopic (exact) mass is 319 g/mol. The molecule has 1 saturated heterocycles. The molecule has 0 aliphatic carbocycles. The molecule has 2 heterocycles. The number of hydrogen-bond donors (Lipinski definition) is 1. The molecule has 1 aliphatic rings. The molecule has 2 N–H and O–H groups in total. The summed E-state index contributed by atoms with van der Waals surface area (Å²) >= 11 is 0. The highest BCUT2D eigenvalue weighted by Crippen LogP contribution is 2.20. The molecule has 1 aliphatic heterocycles. The average Bonchev–Trinajstić information content (AvgIpc) is 2.38. The smallest absolute Gasteiger partial charge is 0.255 e. The van der Waals surface area contributed by atoms with Crippen molar-refractivity contribution in [3.8, 4) is 0 Å². The van der Waals surface area contributed by atoms with Crippen LogP contribution in [0, 0.1) is 13.8 Å². The fraction of sp³-hybridized carbons (Fsp3) is 0.571. The number of amides is 1. The van der Waals surface area contributed by atoms with Crippen molar-refractivity contribution in [3.63, 3.8) is 0 Å². The lowest BCUT2D eigenvalue weighted by atomic mass is 10.0. The van der Waals surface area contributed by atoms with Crippen LogP contribution in [0.4, 0.5) is 0 Å². The first-order valence-electron chi connectivity index (χ1n) is 6.58. The van der Waals surface area contributed by atoms with Gasteiger partial charge in [-0.05, 0) is 45.2 Å². The first kappa shape index (κ1) is 19.2. The molecule has 20 heavy (non-hydrogen) atoms. The molecule has 1 atom stereocenters. The van der Waals surface area contributed by atoms with E-state index in [9.17, 15) is 4.79 Å². The zero-order valence-electron chi connectivity index (χ0n) is 12.0. The Morgan fingerprint density at radius 3 is 2.65 bits per heavy atom. The van der Waals surface area contributed by atoms with E-state index < -0.39 is 0 Å². The molecule has 1 amide bonds. The lowest BCUT2D eigenvalue weighted by molar-refractivity contribution is 0.0622. The van der Waals surface area contributed by atoms with Crippen LogP contribution in [0.25, 0.3) is 0 Å². The van der Waals surface area contributed by atoms with Gasteiger partial charge in [-0.25, -0.2) is 0 Å². The number of carbonyl (C=O) groups is 1. The lowest BCUT2D eigenvalue weighted by Crippen LogP contribution is -2.47. The summed E-state index contributed by atoms with van der Waals surface area (Å²) in [6.07, 6.45) is 3.25. The SMILES string of the molecule is Cc1ccc(C(=O)N2CCCCC2CN)c(C)n1.Cl.Cl. The van der Waals surface area contributed by atoms with E-state index in [-0.39, 0.29) is 36.8 Å². The number of nitrogens with two attached hydrogens (primary N) is 1. The van der Waals surface area contributed by atoms with Crippen molar-refractivity contribution in [2.24, 2.45) is 5.73 Å². The Morgan fingerprint density at radius 1 is 1.35 bits per heavy atom. The molecule has 1 unspecified atom stereocenters. The largest absolute Gasteiger partial charge is 0.334 e. The van der Waals surface area contributed by atoms with Crippen LogP contribution in [0.1, 0.15) is 41.0 Å². The van der Waals surface area contributed by atoms with Crippen LogP contribution < -0.4 is 5.73 Å². The molecule has 0 saturated carbocycles. The zero-order chi connectivity index (χ0) is 13.1. The van der Waals surface area contributed by atoms with Crippen LogP contribution in [0.5, 0.6) is 0 Å². The molecule has 1 aromatic heterocycles. The van der Waals surface area contributed by atoms with Gasteiger partial charge in [0.2, 0.25) is 0 Å². The highest BCUT2D eigenvalue weighted by atomic mass is 35.5. The molecule has 114 valence electrons. The fourth-order valence-corrected chi connectivity index (χ4v) is 2.58. The highest BCUT2D eigenvalue weighted by molar-refractivity contribution is 5.95. The first-order chi connectivity index (χ1) is 8.63. The standard InChI is InChI=1S/C14H21N3O.2ClH/c1-10-6-7-13(11(2)16-10)14(18)17-8-4-3-5-12(17)9-15;;/h6-7,12H,3-5,8-9,15H2,1-2H3;2*1H. The second-order valence-corrected chi connectivity index (χ2v) is 4.97. The molecule has 6 heteroatoms. The number of piperidine rings is 1. The van der Waals surface area contributed by atoms with Gasteiger partial charge in [-0.2, -0.15) is 0 Å². The van der Waals surface area contributed by atoms with E-state index in [0.29, 0.717) is 12.1 Å². The minimum Gasteiger partial charge on any atom is -0.334 e. The van der Waals surface area contributed by atoms with Crippen LogP contribution >= 0.6 is 24.8 Å². The van der Waals surface area contributed by atoms with E-state index in [1.807, 2.05) is 30.9 Å². The third-order valence-corrected chi connectivity index (χ3v) is 3.62. The highest BCUT2D eigenvalue weighted by Gasteiger charge is 2.27. The molecule has 0 bridgehead atoms. The average molecular weight is 320 g/mol. The molecule has 0 radical (unpaired) electrons. The maximum absolute atomic E-state index is 12.5. The predicted molar refractivity (Wildman–Crippen MR) is 85.9 cm³/mol. The van der Waals surface area contributed by atoms with E-state index in [0.717, 1.165) is 37.2 Å². The third-order valence-electron chi connectivity index (χ3n) is 3.62. The first-order valence-corrected chi connectivity index (χ1v) is 6.58. The van der Waals surface area contributed by atoms with Crippen LogP contribution in [0.2, 0.25) is 0 Å². The van der Waals surface area contributed by atoms with Gasteiger partial charge in [-0.15, -0.1) is 24.8 Å². The molecule has 4 nitrogen and oxygen atoms in total. The number of likely N-dealkylation sites (tertiary alicyclic amines) is 1. The van der Waals surface area contributed by atoms with E-state index in [1.165, 1.54) is 0 Å². The van der Waals surface area contributed by atoms with Crippen molar-refractivity contribution in [2.75, 3.05) is 13.1 Å². The van der Waals surface area contributed by atoms with Gasteiger partial charge in [0.15, 0.2) is 0 Å². The maximum atomic E-state index is 12.5. The Kier molecular flexibility index (Phi) is 8.09. The van der Waals surface area contributed by atoms with Gasteiger partial charge in [0, 0.05) is 24.8 Å². The molecular formula is C14H23Cl2N3O. The number of carbonyl (C=O) groups excluding carboxylic acids is 1. The van der Waals surface area contributed by atoms with Gasteiger partial charge >= 0.3 is 0 Å². The molecule has 2 rings (SSSR count). The van der Waals surface area contributed by atoms with Gasteiger partial charge in [0.1, 0.15) is 0 Å². The molecule has 0 spiro atoms. The van der Waals surface area contributed by atoms with Gasteiger partial charge in [-0.1, -0.05) is 0 Å². The van der Waals surface area contributed by atoms with Gasteiger partial charge in [0.05, 0.1) is 11.3 Å². The Labute approximate surface area is 132 Å². The minimum atomic E-state index is 0. The summed E-state index contributed by atoms with van der Waals surface area (Å²) in [6, 6.07) is 3.95. The Hall–Kier alpha value is -0.840. The van der Waals surface area contributed by atoms with Crippen molar-refractivity contribution in [1.29, 1.82) is 0 Å². The van der Waals surface area contributed by atoms with Crippen LogP contribution in [-0.4, -0.2) is 34.9 Å². The number of halogens is 2. The Balaban J connectivity index is 0.00000180. The third kappa shape index (κ3) is 4.08. The van der Waals surface area contributed by atoms with Crippen molar-refractivity contribution >= 4 is 30.7 Å². The summed E-state index contributed by atoms with van der Waals surface area (Å²) in [6.45, 7) is 5.19. The van der Waals surface area contributed by atoms with Gasteiger partial charge < -0.3 is 10.6 Å². The number of aryl methyl sites for hydroxylation is 2. The Bertz CT molecular complexity index is 454. The number of aromatic nitrogens is 1. The molecule has 0 aromatic carbocycles. The Morgan fingerprint density at radius 2 is 2.05 bits per heavy atom. The summed E-state index contributed by atoms with van der Waals surface area (Å²) in [7, 11) is 0. The molecular weight excluding hydrogens is 297 g/mol. The maximum Gasteiger partial charge on any atom is 0.255 e. The van der Waals surface area contributed by atoms with E-state index in [4.69, 9.17) is 5.73 Å². The quantitative estimate of drug-likeness (QED) is 0.911. The summed E-state index contributed by atoms with van der Waals surface area (Å²) in [5.41, 5.74) is 8.22. The lowest BCUT2D eigenvalue weighted by Gasteiger charge is -2.35. The van der Waals surface area contributed by atoms with Crippen LogP contribution in [-0.2, 0) is 0 Å². The number of pyridine rings is 1. The topological polar surface area (TPSA) is 59.2 Å². The summed E-state index contributed by atoms with van der Waals surface area (Å²) in [4.78, 5) is 18.8. The second-order valence-electron chi connectivity index (χ2n) is 4.97. The number of rotatable bonds is 2.